The third-order valence-electron chi connectivity index (χ3n) is 3.47. The van der Waals surface area contributed by atoms with Gasteiger partial charge in [-0.3, -0.25) is 22.9 Å². The normalized spacial score (nSPS) is 14.4. The first-order chi connectivity index (χ1) is 15.1. The molecule has 32 heavy (non-hydrogen) atoms. The molecule has 1 aromatic rings. The van der Waals surface area contributed by atoms with E-state index >= 15 is 0 Å². The highest BCUT2D eigenvalue weighted by Gasteiger charge is 2.32. The Labute approximate surface area is 187 Å². The van der Waals surface area contributed by atoms with E-state index in [9.17, 15) is 18.7 Å². The maximum absolute atomic E-state index is 12.7. The zero-order chi connectivity index (χ0) is 24.2. The van der Waals surface area contributed by atoms with Crippen LogP contribution >= 0.6 is 15.4 Å². The fourth-order valence-electron chi connectivity index (χ4n) is 2.32. The molecular weight excluding hydrogens is 466 g/mol. The summed E-state index contributed by atoms with van der Waals surface area (Å²) < 4.78 is 61.2. The van der Waals surface area contributed by atoms with Gasteiger partial charge in [-0.2, -0.15) is 0 Å². The molecule has 0 spiro atoms. The van der Waals surface area contributed by atoms with Gasteiger partial charge in [0.05, 0.1) is 26.4 Å². The zero-order valence-electron chi connectivity index (χ0n) is 18.8. The van der Waals surface area contributed by atoms with Crippen LogP contribution in [0.3, 0.4) is 0 Å². The predicted molar refractivity (Wildman–Crippen MR) is 115 cm³/mol. The second-order valence-corrected chi connectivity index (χ2v) is 9.86. The van der Waals surface area contributed by atoms with Crippen molar-refractivity contribution in [1.82, 2.24) is 0 Å². The summed E-state index contributed by atoms with van der Waals surface area (Å²) in [6.07, 6.45) is -1.17. The van der Waals surface area contributed by atoms with Crippen molar-refractivity contribution in [2.24, 2.45) is 0 Å². The number of benzene rings is 1. The van der Waals surface area contributed by atoms with Crippen molar-refractivity contribution < 1.29 is 50.8 Å². The molecule has 0 radical (unpaired) electrons. The molecule has 0 aliphatic carbocycles. The van der Waals surface area contributed by atoms with E-state index in [2.05, 4.69) is 0 Å². The first-order valence-electron chi connectivity index (χ1n) is 9.94. The van der Waals surface area contributed by atoms with Crippen molar-refractivity contribution in [2.75, 3.05) is 39.7 Å². The average molecular weight is 496 g/mol. The van der Waals surface area contributed by atoms with Crippen molar-refractivity contribution in [2.45, 2.75) is 33.8 Å². The Morgan fingerprint density at radius 3 is 2.06 bits per heavy atom. The van der Waals surface area contributed by atoms with Crippen molar-refractivity contribution in [1.29, 1.82) is 0 Å². The number of carbonyl (C=O) groups excluding carboxylic acids is 2. The number of ether oxygens (including phenoxy) is 2. The van der Waals surface area contributed by atoms with Crippen molar-refractivity contribution in [3.05, 3.63) is 29.8 Å². The van der Waals surface area contributed by atoms with Crippen LogP contribution in [0.15, 0.2) is 24.3 Å². The Kier molecular flexibility index (Phi) is 12.3. The Balaban J connectivity index is 2.97. The molecule has 1 rings (SSSR count). The van der Waals surface area contributed by atoms with Crippen LogP contribution in [0, 0.1) is 0 Å². The second kappa shape index (κ2) is 13.9. The van der Waals surface area contributed by atoms with Gasteiger partial charge in [0, 0.05) is 13.6 Å². The van der Waals surface area contributed by atoms with Crippen LogP contribution in [0.5, 0.6) is 5.75 Å². The number of phosphoric ester groups is 1. The molecule has 13 heteroatoms. The highest BCUT2D eigenvalue weighted by atomic mass is 31.2. The van der Waals surface area contributed by atoms with Gasteiger partial charge in [-0.1, -0.05) is 12.1 Å². The van der Waals surface area contributed by atoms with Crippen LogP contribution < -0.4 is 4.74 Å². The summed E-state index contributed by atoms with van der Waals surface area (Å²) in [5.74, 6) is -1.42. The van der Waals surface area contributed by atoms with Gasteiger partial charge in [0.25, 0.3) is 0 Å². The molecule has 0 aliphatic heterocycles. The second-order valence-electron chi connectivity index (χ2n) is 6.18. The summed E-state index contributed by atoms with van der Waals surface area (Å²) in [4.78, 5) is 23.8. The van der Waals surface area contributed by atoms with Gasteiger partial charge in [-0.25, -0.2) is 9.36 Å². The highest BCUT2D eigenvalue weighted by Crippen LogP contribution is 2.51. The highest BCUT2D eigenvalue weighted by molar-refractivity contribution is 7.53. The molecule has 11 nitrogen and oxygen atoms in total. The van der Waals surface area contributed by atoms with Gasteiger partial charge in [-0.15, -0.1) is 0 Å². The molecule has 0 aromatic heterocycles. The molecule has 2 atom stereocenters. The molecular formula is C19H30O11P2. The minimum atomic E-state index is -4.00. The van der Waals surface area contributed by atoms with Gasteiger partial charge in [0.15, 0.2) is 0 Å². The topological polar surface area (TPSA) is 133 Å². The predicted octanol–water partition coefficient (Wildman–Crippen LogP) is 4.21. The number of hydrogen-bond acceptors (Lipinski definition) is 11. The number of para-hydroxylation sites is 1. The van der Waals surface area contributed by atoms with Crippen LogP contribution in [0.25, 0.3) is 0 Å². The maximum Gasteiger partial charge on any atom is 0.475 e. The van der Waals surface area contributed by atoms with Gasteiger partial charge in [-0.05, 0) is 32.9 Å². The zero-order valence-corrected chi connectivity index (χ0v) is 20.6. The molecule has 1 aromatic carbocycles. The summed E-state index contributed by atoms with van der Waals surface area (Å²) in [5.41, 5.74) is -0.00403. The first-order valence-corrected chi connectivity index (χ1v) is 13.4. The molecule has 0 saturated carbocycles. The number of carbonyl (C=O) groups is 2. The van der Waals surface area contributed by atoms with E-state index in [1.54, 1.807) is 32.9 Å². The van der Waals surface area contributed by atoms with Gasteiger partial charge in [0.2, 0.25) is 0 Å². The third kappa shape index (κ3) is 10.4. The SMILES string of the molecule is CCOP(C)(=O)OCC(COC(=O)c1ccccc1OC(C)=O)OP(=O)(OCC)OCC. The molecule has 0 aliphatic rings. The molecule has 0 heterocycles. The summed E-state index contributed by atoms with van der Waals surface area (Å²) in [6, 6.07) is 5.99. The van der Waals surface area contributed by atoms with E-state index in [0.29, 0.717) is 0 Å². The number of phosphoric acid groups is 1. The van der Waals surface area contributed by atoms with E-state index in [1.165, 1.54) is 25.7 Å². The smallest absolute Gasteiger partial charge is 0.459 e. The Morgan fingerprint density at radius 1 is 0.906 bits per heavy atom. The van der Waals surface area contributed by atoms with Gasteiger partial charge < -0.3 is 18.5 Å². The van der Waals surface area contributed by atoms with Crippen LogP contribution in [-0.4, -0.2) is 57.7 Å². The molecule has 2 unspecified atom stereocenters. The fraction of sp³-hybridized carbons (Fsp3) is 0.579. The Hall–Kier alpha value is -1.58. The number of esters is 2. The van der Waals surface area contributed by atoms with E-state index in [1.807, 2.05) is 0 Å². The summed E-state index contributed by atoms with van der Waals surface area (Å²) in [5, 5.41) is 0. The lowest BCUT2D eigenvalue weighted by Crippen LogP contribution is -2.27. The molecule has 0 N–H and O–H groups in total. The lowest BCUT2D eigenvalue weighted by molar-refractivity contribution is -0.131. The van der Waals surface area contributed by atoms with Crippen LogP contribution in [0.2, 0.25) is 0 Å². The largest absolute Gasteiger partial charge is 0.475 e. The quantitative estimate of drug-likeness (QED) is 0.196. The van der Waals surface area contributed by atoms with Gasteiger partial charge >= 0.3 is 27.4 Å². The standard InChI is InChI=1S/C19H30O11P2/c1-6-25-31(5,22)28-14-16(30-32(23,26-7-2)27-8-3)13-24-19(21)17-11-9-10-12-18(17)29-15(4)20/h9-12,16H,6-8,13-14H2,1-5H3. The molecule has 0 amide bonds. The van der Waals surface area contributed by atoms with E-state index in [0.717, 1.165) is 0 Å². The number of rotatable bonds is 15. The van der Waals surface area contributed by atoms with Crippen molar-refractivity contribution in [3.63, 3.8) is 0 Å². The summed E-state index contributed by atoms with van der Waals surface area (Å²) >= 11 is 0. The van der Waals surface area contributed by atoms with Gasteiger partial charge in [0.1, 0.15) is 24.0 Å². The third-order valence-corrected chi connectivity index (χ3v) is 6.52. The van der Waals surface area contributed by atoms with E-state index < -0.39 is 46.7 Å². The number of hydrogen-bond donors (Lipinski definition) is 0. The van der Waals surface area contributed by atoms with Crippen molar-refractivity contribution in [3.8, 4) is 5.75 Å². The summed E-state index contributed by atoms with van der Waals surface area (Å²) in [6.45, 7) is 6.68. The molecule has 0 saturated heterocycles. The van der Waals surface area contributed by atoms with Crippen LogP contribution in [-0.2, 0) is 41.3 Å². The lowest BCUT2D eigenvalue weighted by Gasteiger charge is -2.24. The fourth-order valence-corrected chi connectivity index (χ4v) is 4.62. The minimum Gasteiger partial charge on any atom is -0.459 e. The molecule has 0 fully saturated rings. The van der Waals surface area contributed by atoms with Crippen LogP contribution in [0.1, 0.15) is 38.1 Å². The van der Waals surface area contributed by atoms with E-state index in [4.69, 9.17) is 32.1 Å². The van der Waals surface area contributed by atoms with Crippen molar-refractivity contribution >= 4 is 27.4 Å². The van der Waals surface area contributed by atoms with E-state index in [-0.39, 0.29) is 31.1 Å². The van der Waals surface area contributed by atoms with Crippen LogP contribution in [0.4, 0.5) is 0 Å². The molecule has 0 bridgehead atoms. The minimum absolute atomic E-state index is 0.00403. The average Bonchev–Trinajstić information content (AvgIpc) is 2.70. The Bertz CT molecular complexity index is 832. The first kappa shape index (κ1) is 28.5. The molecule has 182 valence electrons. The maximum atomic E-state index is 12.7. The Morgan fingerprint density at radius 2 is 1.50 bits per heavy atom. The lowest BCUT2D eigenvalue weighted by atomic mass is 10.2. The summed E-state index contributed by atoms with van der Waals surface area (Å²) in [7, 11) is -7.43. The monoisotopic (exact) mass is 496 g/mol.